The first-order valence-corrected chi connectivity index (χ1v) is 6.86. The first kappa shape index (κ1) is 13.9. The van der Waals surface area contributed by atoms with Crippen molar-refractivity contribution >= 4 is 17.6 Å². The topological polar surface area (TPSA) is 70.6 Å². The molecule has 0 amide bonds. The molecule has 0 spiro atoms. The fourth-order valence-corrected chi connectivity index (χ4v) is 2.12. The van der Waals surface area contributed by atoms with Crippen molar-refractivity contribution in [1.29, 1.82) is 0 Å². The number of thioether (sulfide) groups is 1. The highest BCUT2D eigenvalue weighted by Gasteiger charge is 2.03. The van der Waals surface area contributed by atoms with E-state index in [4.69, 9.17) is 10.9 Å². The average Bonchev–Trinajstić information content (AvgIpc) is 2.36. The van der Waals surface area contributed by atoms with Crippen molar-refractivity contribution in [3.8, 4) is 0 Å². The van der Waals surface area contributed by atoms with Crippen LogP contribution in [-0.4, -0.2) is 29.1 Å². The van der Waals surface area contributed by atoms with Gasteiger partial charge in [0, 0.05) is 23.9 Å². The van der Waals surface area contributed by atoms with Gasteiger partial charge in [0.15, 0.2) is 5.84 Å². The van der Waals surface area contributed by atoms with Gasteiger partial charge in [0.25, 0.3) is 0 Å². The molecule has 1 aromatic carbocycles. The van der Waals surface area contributed by atoms with E-state index in [1.807, 2.05) is 36.0 Å². The Morgan fingerprint density at radius 2 is 2.35 bits per heavy atom. The summed E-state index contributed by atoms with van der Waals surface area (Å²) in [6.45, 7) is 2.94. The van der Waals surface area contributed by atoms with Crippen LogP contribution in [0, 0.1) is 0 Å². The number of oxime groups is 1. The minimum atomic E-state index is 0.143. The van der Waals surface area contributed by atoms with Crippen LogP contribution in [0.2, 0.25) is 0 Å². The van der Waals surface area contributed by atoms with Crippen LogP contribution < -0.4 is 11.1 Å². The van der Waals surface area contributed by atoms with E-state index in [0.29, 0.717) is 6.04 Å². The van der Waals surface area contributed by atoms with Crippen molar-refractivity contribution in [2.75, 3.05) is 12.0 Å². The monoisotopic (exact) mass is 253 g/mol. The molecule has 1 atom stereocenters. The van der Waals surface area contributed by atoms with Crippen molar-refractivity contribution < 1.29 is 5.21 Å². The maximum absolute atomic E-state index is 8.61. The molecule has 0 heterocycles. The van der Waals surface area contributed by atoms with E-state index in [1.165, 1.54) is 0 Å². The maximum atomic E-state index is 8.61. The van der Waals surface area contributed by atoms with E-state index >= 15 is 0 Å². The fourth-order valence-electron chi connectivity index (χ4n) is 1.50. The highest BCUT2D eigenvalue weighted by molar-refractivity contribution is 7.98. The molecule has 0 saturated heterocycles. The Bertz CT molecular complexity index is 382. The van der Waals surface area contributed by atoms with Crippen molar-refractivity contribution in [1.82, 2.24) is 5.32 Å². The molecule has 0 aromatic heterocycles. The number of nitrogens with zero attached hydrogens (tertiary/aromatic N) is 1. The molecule has 94 valence electrons. The predicted octanol–water partition coefficient (Wildman–Crippen LogP) is 1.62. The summed E-state index contributed by atoms with van der Waals surface area (Å²) in [6.07, 6.45) is 2.09. The van der Waals surface area contributed by atoms with Crippen LogP contribution in [0.3, 0.4) is 0 Å². The molecular weight excluding hydrogens is 234 g/mol. The summed E-state index contributed by atoms with van der Waals surface area (Å²) in [4.78, 5) is 0. The van der Waals surface area contributed by atoms with Crippen LogP contribution in [0.4, 0.5) is 0 Å². The van der Waals surface area contributed by atoms with Crippen LogP contribution in [-0.2, 0) is 6.54 Å². The Morgan fingerprint density at radius 1 is 1.59 bits per heavy atom. The standard InChI is InChI=1S/C12H19N3OS/c1-9(8-17-2)14-7-10-4-3-5-11(6-10)12(13)15-16/h3-6,9,14,16H,7-8H2,1-2H3,(H2,13,15). The lowest BCUT2D eigenvalue weighted by atomic mass is 10.1. The largest absolute Gasteiger partial charge is 0.409 e. The van der Waals surface area contributed by atoms with Crippen molar-refractivity contribution in [2.24, 2.45) is 10.9 Å². The van der Waals surface area contributed by atoms with E-state index in [1.54, 1.807) is 0 Å². The second-order valence-electron chi connectivity index (χ2n) is 3.92. The maximum Gasteiger partial charge on any atom is 0.170 e. The number of benzene rings is 1. The highest BCUT2D eigenvalue weighted by atomic mass is 32.2. The molecule has 1 rings (SSSR count). The van der Waals surface area contributed by atoms with Gasteiger partial charge in [0.2, 0.25) is 0 Å². The molecule has 0 radical (unpaired) electrons. The zero-order chi connectivity index (χ0) is 12.7. The lowest BCUT2D eigenvalue weighted by molar-refractivity contribution is 0.318. The van der Waals surface area contributed by atoms with E-state index in [0.717, 1.165) is 23.4 Å². The molecule has 4 N–H and O–H groups in total. The van der Waals surface area contributed by atoms with Crippen LogP contribution in [0.5, 0.6) is 0 Å². The van der Waals surface area contributed by atoms with Gasteiger partial charge in [-0.05, 0) is 24.8 Å². The van der Waals surface area contributed by atoms with Crippen molar-refractivity contribution in [3.63, 3.8) is 0 Å². The van der Waals surface area contributed by atoms with Crippen molar-refractivity contribution in [2.45, 2.75) is 19.5 Å². The van der Waals surface area contributed by atoms with Gasteiger partial charge in [-0.2, -0.15) is 11.8 Å². The fraction of sp³-hybridized carbons (Fsp3) is 0.417. The lowest BCUT2D eigenvalue weighted by Crippen LogP contribution is -2.27. The number of nitrogens with two attached hydrogens (primary N) is 1. The first-order chi connectivity index (χ1) is 8.17. The summed E-state index contributed by atoms with van der Waals surface area (Å²) >= 11 is 1.82. The van der Waals surface area contributed by atoms with E-state index in [2.05, 4.69) is 23.7 Å². The molecule has 1 unspecified atom stereocenters. The van der Waals surface area contributed by atoms with Gasteiger partial charge in [-0.25, -0.2) is 0 Å². The molecule has 0 aliphatic carbocycles. The second-order valence-corrected chi connectivity index (χ2v) is 4.83. The minimum absolute atomic E-state index is 0.143. The third-order valence-electron chi connectivity index (χ3n) is 2.40. The van der Waals surface area contributed by atoms with Crippen LogP contribution in [0.1, 0.15) is 18.1 Å². The van der Waals surface area contributed by atoms with Crippen molar-refractivity contribution in [3.05, 3.63) is 35.4 Å². The van der Waals surface area contributed by atoms with Gasteiger partial charge < -0.3 is 16.3 Å². The average molecular weight is 253 g/mol. The number of hydrogen-bond donors (Lipinski definition) is 3. The SMILES string of the molecule is CSCC(C)NCc1cccc(/C(N)=N/O)c1. The predicted molar refractivity (Wildman–Crippen MR) is 73.6 cm³/mol. The highest BCUT2D eigenvalue weighted by Crippen LogP contribution is 2.06. The normalized spacial score (nSPS) is 13.6. The van der Waals surface area contributed by atoms with E-state index in [-0.39, 0.29) is 5.84 Å². The van der Waals surface area contributed by atoms with Gasteiger partial charge in [-0.1, -0.05) is 23.4 Å². The quantitative estimate of drug-likeness (QED) is 0.312. The first-order valence-electron chi connectivity index (χ1n) is 5.46. The van der Waals surface area contributed by atoms with Crippen LogP contribution in [0.15, 0.2) is 29.4 Å². The molecule has 0 saturated carbocycles. The molecule has 17 heavy (non-hydrogen) atoms. The number of amidine groups is 1. The van der Waals surface area contributed by atoms with Gasteiger partial charge in [-0.3, -0.25) is 0 Å². The smallest absolute Gasteiger partial charge is 0.170 e. The molecule has 5 heteroatoms. The molecule has 0 fully saturated rings. The van der Waals surface area contributed by atoms with Gasteiger partial charge >= 0.3 is 0 Å². The Kier molecular flexibility index (Phi) is 5.86. The van der Waals surface area contributed by atoms with Gasteiger partial charge in [0.05, 0.1) is 0 Å². The van der Waals surface area contributed by atoms with Gasteiger partial charge in [0.1, 0.15) is 0 Å². The van der Waals surface area contributed by atoms with Crippen LogP contribution in [0.25, 0.3) is 0 Å². The molecule has 4 nitrogen and oxygen atoms in total. The molecule has 0 bridgehead atoms. The Labute approximate surface area is 106 Å². The number of hydrogen-bond acceptors (Lipinski definition) is 4. The Morgan fingerprint density at radius 3 is 3.00 bits per heavy atom. The van der Waals surface area contributed by atoms with E-state index in [9.17, 15) is 0 Å². The summed E-state index contributed by atoms with van der Waals surface area (Å²) < 4.78 is 0. The summed E-state index contributed by atoms with van der Waals surface area (Å²) in [6, 6.07) is 8.14. The summed E-state index contributed by atoms with van der Waals surface area (Å²) in [5.41, 5.74) is 7.41. The molecular formula is C12H19N3OS. The lowest BCUT2D eigenvalue weighted by Gasteiger charge is -2.12. The van der Waals surface area contributed by atoms with E-state index < -0.39 is 0 Å². The minimum Gasteiger partial charge on any atom is -0.409 e. The Hall–Kier alpha value is -1.20. The third-order valence-corrected chi connectivity index (χ3v) is 3.24. The number of nitrogens with one attached hydrogen (secondary N) is 1. The Balaban J connectivity index is 2.60. The summed E-state index contributed by atoms with van der Waals surface area (Å²) in [7, 11) is 0. The van der Waals surface area contributed by atoms with Crippen LogP contribution >= 0.6 is 11.8 Å². The summed E-state index contributed by atoms with van der Waals surface area (Å²) in [5.74, 6) is 1.23. The zero-order valence-electron chi connectivity index (χ0n) is 10.2. The molecule has 1 aromatic rings. The number of rotatable bonds is 6. The molecule has 0 aliphatic rings. The summed E-state index contributed by atoms with van der Waals surface area (Å²) in [5, 5.41) is 15.0. The second kappa shape index (κ2) is 7.19. The third kappa shape index (κ3) is 4.66. The zero-order valence-corrected chi connectivity index (χ0v) is 11.0. The van der Waals surface area contributed by atoms with Gasteiger partial charge in [-0.15, -0.1) is 0 Å². The molecule has 0 aliphatic heterocycles.